The number of carbonyl (C=O) groups is 2. The van der Waals surface area contributed by atoms with Crippen LogP contribution in [-0.2, 0) is 4.79 Å². The molecule has 1 saturated heterocycles. The second-order valence-electron chi connectivity index (χ2n) is 7.11. The SMILES string of the molecule is CC1c2ccccc2OC1C(=O)N1CCN(C(=O)c2cc(Cl)ccc2F)CC1. The number of benzene rings is 2. The molecule has 2 amide bonds. The summed E-state index contributed by atoms with van der Waals surface area (Å²) < 4.78 is 19.8. The number of hydrogen-bond acceptors (Lipinski definition) is 3. The number of fused-ring (bicyclic) bond motifs is 1. The van der Waals surface area contributed by atoms with Crippen molar-refractivity contribution in [3.05, 3.63) is 64.4 Å². The van der Waals surface area contributed by atoms with E-state index in [1.54, 1.807) is 9.80 Å². The molecule has 7 heteroatoms. The molecule has 0 radical (unpaired) electrons. The van der Waals surface area contributed by atoms with Crippen molar-refractivity contribution in [2.75, 3.05) is 26.2 Å². The van der Waals surface area contributed by atoms with Gasteiger partial charge in [-0.05, 0) is 24.3 Å². The van der Waals surface area contributed by atoms with E-state index in [4.69, 9.17) is 16.3 Å². The van der Waals surface area contributed by atoms with Crippen LogP contribution in [0.2, 0.25) is 5.02 Å². The zero-order valence-electron chi connectivity index (χ0n) is 15.4. The Morgan fingerprint density at radius 3 is 2.46 bits per heavy atom. The summed E-state index contributed by atoms with van der Waals surface area (Å²) in [6, 6.07) is 11.6. The lowest BCUT2D eigenvalue weighted by molar-refractivity contribution is -0.140. The molecule has 0 saturated carbocycles. The van der Waals surface area contributed by atoms with E-state index in [1.165, 1.54) is 18.2 Å². The van der Waals surface area contributed by atoms with Crippen LogP contribution in [0.3, 0.4) is 0 Å². The maximum Gasteiger partial charge on any atom is 0.264 e. The van der Waals surface area contributed by atoms with E-state index in [0.29, 0.717) is 31.2 Å². The third kappa shape index (κ3) is 3.33. The molecular formula is C21H20ClFN2O3. The lowest BCUT2D eigenvalue weighted by Gasteiger charge is -2.36. The summed E-state index contributed by atoms with van der Waals surface area (Å²) in [5.41, 5.74) is 0.988. The molecule has 2 atom stereocenters. The minimum absolute atomic E-state index is 0.0241. The zero-order chi connectivity index (χ0) is 19.8. The first-order valence-electron chi connectivity index (χ1n) is 9.24. The number of hydrogen-bond donors (Lipinski definition) is 0. The number of halogens is 2. The zero-order valence-corrected chi connectivity index (χ0v) is 16.2. The molecule has 2 aromatic rings. The quantitative estimate of drug-likeness (QED) is 0.774. The van der Waals surface area contributed by atoms with E-state index >= 15 is 0 Å². The van der Waals surface area contributed by atoms with Gasteiger partial charge in [-0.15, -0.1) is 0 Å². The Bertz CT molecular complexity index is 928. The highest BCUT2D eigenvalue weighted by Gasteiger charge is 2.39. The summed E-state index contributed by atoms with van der Waals surface area (Å²) >= 11 is 5.89. The van der Waals surface area contributed by atoms with Crippen molar-refractivity contribution in [1.82, 2.24) is 9.80 Å². The van der Waals surface area contributed by atoms with E-state index in [-0.39, 0.29) is 17.4 Å². The molecule has 5 nitrogen and oxygen atoms in total. The molecule has 4 rings (SSSR count). The molecule has 0 aliphatic carbocycles. The second-order valence-corrected chi connectivity index (χ2v) is 7.54. The van der Waals surface area contributed by atoms with Crippen molar-refractivity contribution in [2.45, 2.75) is 18.9 Å². The predicted molar refractivity (Wildman–Crippen MR) is 103 cm³/mol. The first kappa shape index (κ1) is 18.7. The minimum Gasteiger partial charge on any atom is -0.480 e. The molecule has 2 aliphatic rings. The van der Waals surface area contributed by atoms with Gasteiger partial charge in [0.25, 0.3) is 11.8 Å². The molecule has 0 aromatic heterocycles. The van der Waals surface area contributed by atoms with Crippen LogP contribution < -0.4 is 4.74 Å². The topological polar surface area (TPSA) is 49.9 Å². The fourth-order valence-electron chi connectivity index (χ4n) is 3.77. The smallest absolute Gasteiger partial charge is 0.264 e. The van der Waals surface area contributed by atoms with Crippen molar-refractivity contribution in [2.24, 2.45) is 0 Å². The van der Waals surface area contributed by atoms with E-state index in [2.05, 4.69) is 0 Å². The summed E-state index contributed by atoms with van der Waals surface area (Å²) in [6.07, 6.45) is -0.551. The Balaban J connectivity index is 1.40. The van der Waals surface area contributed by atoms with Gasteiger partial charge >= 0.3 is 0 Å². The Morgan fingerprint density at radius 2 is 1.75 bits per heavy atom. The average molecular weight is 403 g/mol. The van der Waals surface area contributed by atoms with Gasteiger partial charge in [0.2, 0.25) is 0 Å². The molecule has 146 valence electrons. The van der Waals surface area contributed by atoms with Crippen LogP contribution in [0, 0.1) is 5.82 Å². The molecule has 0 N–H and O–H groups in total. The third-order valence-corrected chi connectivity index (χ3v) is 5.63. The molecule has 0 bridgehead atoms. The summed E-state index contributed by atoms with van der Waals surface area (Å²) in [5.74, 6) is -0.365. The number of ether oxygens (including phenoxy) is 1. The van der Waals surface area contributed by atoms with Gasteiger partial charge in [0.05, 0.1) is 5.56 Å². The van der Waals surface area contributed by atoms with Gasteiger partial charge in [-0.2, -0.15) is 0 Å². The van der Waals surface area contributed by atoms with Crippen LogP contribution in [0.25, 0.3) is 0 Å². The minimum atomic E-state index is -0.598. The number of para-hydroxylation sites is 1. The van der Waals surface area contributed by atoms with Gasteiger partial charge in [0, 0.05) is 42.7 Å². The summed E-state index contributed by atoms with van der Waals surface area (Å²) in [4.78, 5) is 28.8. The van der Waals surface area contributed by atoms with Crippen molar-refractivity contribution < 1.29 is 18.7 Å². The predicted octanol–water partition coefficient (Wildman–Crippen LogP) is 3.33. The Labute approximate surface area is 167 Å². The van der Waals surface area contributed by atoms with Gasteiger partial charge in [-0.25, -0.2) is 4.39 Å². The third-order valence-electron chi connectivity index (χ3n) is 5.40. The fraction of sp³-hybridized carbons (Fsp3) is 0.333. The van der Waals surface area contributed by atoms with Crippen LogP contribution >= 0.6 is 11.6 Å². The number of carbonyl (C=O) groups excluding carboxylic acids is 2. The highest BCUT2D eigenvalue weighted by molar-refractivity contribution is 6.31. The van der Waals surface area contributed by atoms with Crippen molar-refractivity contribution >= 4 is 23.4 Å². The number of rotatable bonds is 2. The highest BCUT2D eigenvalue weighted by atomic mass is 35.5. The van der Waals surface area contributed by atoms with Crippen LogP contribution in [0.4, 0.5) is 4.39 Å². The summed E-state index contributed by atoms with van der Waals surface area (Å²) in [5, 5.41) is 0.311. The maximum absolute atomic E-state index is 14.0. The average Bonchev–Trinajstić information content (AvgIpc) is 3.06. The lowest BCUT2D eigenvalue weighted by Crippen LogP contribution is -2.54. The number of nitrogens with zero attached hydrogens (tertiary/aromatic N) is 2. The van der Waals surface area contributed by atoms with Crippen LogP contribution in [-0.4, -0.2) is 53.9 Å². The van der Waals surface area contributed by atoms with Gasteiger partial charge in [-0.1, -0.05) is 36.7 Å². The largest absolute Gasteiger partial charge is 0.480 e. The summed E-state index contributed by atoms with van der Waals surface area (Å²) in [7, 11) is 0. The maximum atomic E-state index is 14.0. The van der Waals surface area contributed by atoms with Crippen molar-refractivity contribution in [1.29, 1.82) is 0 Å². The molecule has 2 heterocycles. The van der Waals surface area contributed by atoms with Gasteiger partial charge in [-0.3, -0.25) is 9.59 Å². The number of piperazine rings is 1. The van der Waals surface area contributed by atoms with Crippen LogP contribution in [0.1, 0.15) is 28.8 Å². The molecule has 1 fully saturated rings. The van der Waals surface area contributed by atoms with Gasteiger partial charge in [0.1, 0.15) is 11.6 Å². The molecular weight excluding hydrogens is 383 g/mol. The molecule has 0 spiro atoms. The monoisotopic (exact) mass is 402 g/mol. The Hall–Kier alpha value is -2.60. The second kappa shape index (κ2) is 7.43. The first-order chi connectivity index (χ1) is 13.5. The van der Waals surface area contributed by atoms with Crippen LogP contribution in [0.15, 0.2) is 42.5 Å². The van der Waals surface area contributed by atoms with E-state index in [9.17, 15) is 14.0 Å². The van der Waals surface area contributed by atoms with E-state index < -0.39 is 17.8 Å². The highest BCUT2D eigenvalue weighted by Crippen LogP contribution is 2.38. The van der Waals surface area contributed by atoms with Crippen molar-refractivity contribution in [3.63, 3.8) is 0 Å². The van der Waals surface area contributed by atoms with Gasteiger partial charge < -0.3 is 14.5 Å². The van der Waals surface area contributed by atoms with Crippen molar-refractivity contribution in [3.8, 4) is 5.75 Å². The lowest BCUT2D eigenvalue weighted by atomic mass is 9.96. The molecule has 28 heavy (non-hydrogen) atoms. The van der Waals surface area contributed by atoms with E-state index in [1.807, 2.05) is 31.2 Å². The molecule has 2 unspecified atom stereocenters. The van der Waals surface area contributed by atoms with Gasteiger partial charge in [0.15, 0.2) is 6.10 Å². The van der Waals surface area contributed by atoms with Crippen LogP contribution in [0.5, 0.6) is 5.75 Å². The fourth-order valence-corrected chi connectivity index (χ4v) is 3.94. The van der Waals surface area contributed by atoms with E-state index in [0.717, 1.165) is 11.3 Å². The first-order valence-corrected chi connectivity index (χ1v) is 9.62. The standard InChI is InChI=1S/C21H20ClFN2O3/c1-13-15-4-2-3-5-18(15)28-19(13)21(27)25-10-8-24(9-11-25)20(26)16-12-14(22)6-7-17(16)23/h2-7,12-13,19H,8-11H2,1H3. The number of amides is 2. The Kier molecular flexibility index (Phi) is 4.98. The normalized spacial score (nSPS) is 21.2. The Morgan fingerprint density at radius 1 is 1.07 bits per heavy atom. The molecule has 2 aromatic carbocycles. The summed E-state index contributed by atoms with van der Waals surface area (Å²) in [6.45, 7) is 3.43. The molecule has 2 aliphatic heterocycles.